The van der Waals surface area contributed by atoms with Gasteiger partial charge in [0.1, 0.15) is 0 Å². The highest BCUT2D eigenvalue weighted by molar-refractivity contribution is 5.96. The number of ketones is 1. The van der Waals surface area contributed by atoms with Crippen LogP contribution in [0.3, 0.4) is 0 Å². The number of benzene rings is 1. The SMILES string of the molecule is CC(O)CC(=O)c1ccc(O)c(O)c1. The van der Waals surface area contributed by atoms with Crippen molar-refractivity contribution in [3.63, 3.8) is 0 Å². The predicted octanol–water partition coefficient (Wildman–Crippen LogP) is 1.05. The maximum absolute atomic E-state index is 11.4. The number of aliphatic hydroxyl groups is 1. The lowest BCUT2D eigenvalue weighted by Gasteiger charge is -2.04. The molecule has 0 aliphatic carbocycles. The van der Waals surface area contributed by atoms with Crippen LogP contribution in [-0.2, 0) is 0 Å². The first kappa shape index (κ1) is 10.5. The van der Waals surface area contributed by atoms with Gasteiger partial charge in [-0.25, -0.2) is 0 Å². The monoisotopic (exact) mass is 196 g/mol. The summed E-state index contributed by atoms with van der Waals surface area (Å²) in [6, 6.07) is 3.82. The molecule has 0 radical (unpaired) electrons. The third-order valence-corrected chi connectivity index (χ3v) is 1.78. The Balaban J connectivity index is 2.86. The second-order valence-electron chi connectivity index (χ2n) is 3.18. The molecule has 0 fully saturated rings. The molecule has 1 unspecified atom stereocenters. The zero-order valence-electron chi connectivity index (χ0n) is 7.77. The van der Waals surface area contributed by atoms with Gasteiger partial charge in [-0.15, -0.1) is 0 Å². The molecule has 0 amide bonds. The molecule has 0 aromatic heterocycles. The van der Waals surface area contributed by atoms with Gasteiger partial charge in [0.05, 0.1) is 6.10 Å². The van der Waals surface area contributed by atoms with Crippen LogP contribution in [0.4, 0.5) is 0 Å². The van der Waals surface area contributed by atoms with E-state index in [4.69, 9.17) is 15.3 Å². The van der Waals surface area contributed by atoms with E-state index < -0.39 is 6.10 Å². The van der Waals surface area contributed by atoms with Gasteiger partial charge in [0.25, 0.3) is 0 Å². The van der Waals surface area contributed by atoms with Crippen molar-refractivity contribution < 1.29 is 20.1 Å². The molecule has 14 heavy (non-hydrogen) atoms. The quantitative estimate of drug-likeness (QED) is 0.498. The molecule has 0 bridgehead atoms. The van der Waals surface area contributed by atoms with Crippen LogP contribution in [0.15, 0.2) is 18.2 Å². The number of hydrogen-bond donors (Lipinski definition) is 3. The Labute approximate surface area is 81.4 Å². The Hall–Kier alpha value is -1.55. The number of aliphatic hydroxyl groups excluding tert-OH is 1. The smallest absolute Gasteiger partial charge is 0.165 e. The van der Waals surface area contributed by atoms with E-state index in [2.05, 4.69) is 0 Å². The fraction of sp³-hybridized carbons (Fsp3) is 0.300. The summed E-state index contributed by atoms with van der Waals surface area (Å²) in [7, 11) is 0. The second kappa shape index (κ2) is 4.11. The average molecular weight is 196 g/mol. The highest BCUT2D eigenvalue weighted by atomic mass is 16.3. The third kappa shape index (κ3) is 2.47. The van der Waals surface area contributed by atoms with Gasteiger partial charge in [-0.1, -0.05) is 0 Å². The van der Waals surface area contributed by atoms with Gasteiger partial charge in [0.2, 0.25) is 0 Å². The lowest BCUT2D eigenvalue weighted by atomic mass is 10.1. The molecule has 4 nitrogen and oxygen atoms in total. The van der Waals surface area contributed by atoms with E-state index in [0.29, 0.717) is 0 Å². The summed E-state index contributed by atoms with van der Waals surface area (Å²) < 4.78 is 0. The molecule has 76 valence electrons. The van der Waals surface area contributed by atoms with Gasteiger partial charge in [0, 0.05) is 12.0 Å². The van der Waals surface area contributed by atoms with Crippen LogP contribution in [0.5, 0.6) is 11.5 Å². The first-order valence-electron chi connectivity index (χ1n) is 4.24. The minimum atomic E-state index is -0.710. The molecule has 1 aromatic carbocycles. The van der Waals surface area contributed by atoms with E-state index in [1.807, 2.05) is 0 Å². The van der Waals surface area contributed by atoms with Crippen LogP contribution in [0, 0.1) is 0 Å². The molecule has 1 aromatic rings. The molecule has 4 heteroatoms. The Bertz CT molecular complexity index is 344. The standard InChI is InChI=1S/C10H12O4/c1-6(11)4-9(13)7-2-3-8(12)10(14)5-7/h2-3,5-6,11-12,14H,4H2,1H3. The number of aromatic hydroxyl groups is 2. The number of carbonyl (C=O) groups is 1. The molecular formula is C10H12O4. The van der Waals surface area contributed by atoms with Crippen LogP contribution >= 0.6 is 0 Å². The molecule has 3 N–H and O–H groups in total. The highest BCUT2D eigenvalue weighted by Gasteiger charge is 2.10. The predicted molar refractivity (Wildman–Crippen MR) is 50.4 cm³/mol. The van der Waals surface area contributed by atoms with E-state index in [0.717, 1.165) is 0 Å². The molecule has 0 aliphatic heterocycles. The van der Waals surface area contributed by atoms with E-state index in [-0.39, 0.29) is 29.3 Å². The fourth-order valence-electron chi connectivity index (χ4n) is 1.08. The molecular weight excluding hydrogens is 184 g/mol. The lowest BCUT2D eigenvalue weighted by Crippen LogP contribution is -2.09. The zero-order valence-corrected chi connectivity index (χ0v) is 7.77. The summed E-state index contributed by atoms with van der Waals surface area (Å²) in [6.07, 6.45) is -0.706. The number of carbonyl (C=O) groups excluding carboxylic acids is 1. The van der Waals surface area contributed by atoms with Crippen molar-refractivity contribution in [1.29, 1.82) is 0 Å². The first-order valence-corrected chi connectivity index (χ1v) is 4.24. The van der Waals surface area contributed by atoms with Crippen LogP contribution in [-0.4, -0.2) is 27.2 Å². The average Bonchev–Trinajstić information content (AvgIpc) is 2.08. The first-order chi connectivity index (χ1) is 6.50. The molecule has 1 rings (SSSR count). The van der Waals surface area contributed by atoms with Crippen LogP contribution < -0.4 is 0 Å². The van der Waals surface area contributed by atoms with Crippen molar-refractivity contribution >= 4 is 5.78 Å². The molecule has 0 saturated heterocycles. The van der Waals surface area contributed by atoms with Gasteiger partial charge in [-0.05, 0) is 25.1 Å². The van der Waals surface area contributed by atoms with Crippen LogP contribution in [0.1, 0.15) is 23.7 Å². The summed E-state index contributed by atoms with van der Waals surface area (Å²) in [6.45, 7) is 1.51. The zero-order chi connectivity index (χ0) is 10.7. The lowest BCUT2D eigenvalue weighted by molar-refractivity contribution is 0.0901. The van der Waals surface area contributed by atoms with E-state index in [1.165, 1.54) is 25.1 Å². The summed E-state index contributed by atoms with van der Waals surface area (Å²) in [5.74, 6) is -0.865. The van der Waals surface area contributed by atoms with E-state index in [9.17, 15) is 4.79 Å². The Kier molecular flexibility index (Phi) is 3.09. The van der Waals surface area contributed by atoms with Gasteiger partial charge in [-0.3, -0.25) is 4.79 Å². The molecule has 0 aliphatic rings. The number of phenolic OH excluding ortho intramolecular Hbond substituents is 2. The maximum atomic E-state index is 11.4. The Morgan fingerprint density at radius 3 is 2.50 bits per heavy atom. The van der Waals surface area contributed by atoms with Gasteiger partial charge in [-0.2, -0.15) is 0 Å². The van der Waals surface area contributed by atoms with Crippen molar-refractivity contribution in [1.82, 2.24) is 0 Å². The summed E-state index contributed by atoms with van der Waals surface area (Å²) >= 11 is 0. The number of hydrogen-bond acceptors (Lipinski definition) is 4. The normalized spacial score (nSPS) is 12.4. The maximum Gasteiger partial charge on any atom is 0.165 e. The summed E-state index contributed by atoms with van der Waals surface area (Å²) in [5.41, 5.74) is 0.279. The second-order valence-corrected chi connectivity index (χ2v) is 3.18. The van der Waals surface area contributed by atoms with Crippen LogP contribution in [0.2, 0.25) is 0 Å². The Morgan fingerprint density at radius 1 is 1.36 bits per heavy atom. The minimum Gasteiger partial charge on any atom is -0.504 e. The minimum absolute atomic E-state index is 0.00418. The Morgan fingerprint density at radius 2 is 2.00 bits per heavy atom. The van der Waals surface area contributed by atoms with Gasteiger partial charge >= 0.3 is 0 Å². The van der Waals surface area contributed by atoms with Crippen molar-refractivity contribution in [2.45, 2.75) is 19.4 Å². The van der Waals surface area contributed by atoms with E-state index >= 15 is 0 Å². The van der Waals surface area contributed by atoms with Crippen molar-refractivity contribution in [2.24, 2.45) is 0 Å². The molecule has 1 atom stereocenters. The highest BCUT2D eigenvalue weighted by Crippen LogP contribution is 2.25. The van der Waals surface area contributed by atoms with Gasteiger partial charge in [0.15, 0.2) is 17.3 Å². The molecule has 0 saturated carbocycles. The molecule has 0 spiro atoms. The summed E-state index contributed by atoms with van der Waals surface area (Å²) in [5, 5.41) is 27.1. The number of phenols is 2. The van der Waals surface area contributed by atoms with Crippen molar-refractivity contribution in [3.8, 4) is 11.5 Å². The van der Waals surface area contributed by atoms with Gasteiger partial charge < -0.3 is 15.3 Å². The van der Waals surface area contributed by atoms with Crippen LogP contribution in [0.25, 0.3) is 0 Å². The molecule has 0 heterocycles. The fourth-order valence-corrected chi connectivity index (χ4v) is 1.08. The topological polar surface area (TPSA) is 77.8 Å². The number of Topliss-reactive ketones (excluding diaryl/α,β-unsaturated/α-hetero) is 1. The van der Waals surface area contributed by atoms with Crippen molar-refractivity contribution in [3.05, 3.63) is 23.8 Å². The largest absolute Gasteiger partial charge is 0.504 e. The summed E-state index contributed by atoms with van der Waals surface area (Å²) in [4.78, 5) is 11.4. The van der Waals surface area contributed by atoms with E-state index in [1.54, 1.807) is 0 Å². The van der Waals surface area contributed by atoms with Crippen molar-refractivity contribution in [2.75, 3.05) is 0 Å². The third-order valence-electron chi connectivity index (χ3n) is 1.78. The number of rotatable bonds is 3.